The first-order valence-corrected chi connectivity index (χ1v) is 4.45. The quantitative estimate of drug-likeness (QED) is 0.353. The van der Waals surface area contributed by atoms with Crippen LogP contribution >= 0.6 is 0 Å². The highest BCUT2D eigenvalue weighted by molar-refractivity contribution is 6.00. The van der Waals surface area contributed by atoms with Gasteiger partial charge in [0.2, 0.25) is 5.91 Å². The number of nitrogens with zero attached hydrogens (tertiary/aromatic N) is 1. The molecule has 0 heterocycles. The van der Waals surface area contributed by atoms with Gasteiger partial charge in [-0.3, -0.25) is 14.9 Å². The number of aromatic hydroxyl groups is 1. The van der Waals surface area contributed by atoms with Crippen molar-refractivity contribution in [3.8, 4) is 5.75 Å². The van der Waals surface area contributed by atoms with Crippen molar-refractivity contribution < 1.29 is 14.8 Å². The van der Waals surface area contributed by atoms with E-state index in [2.05, 4.69) is 5.32 Å². The van der Waals surface area contributed by atoms with Crippen LogP contribution in [0.5, 0.6) is 5.75 Å². The molecule has 16 heavy (non-hydrogen) atoms. The number of amides is 1. The number of phenols is 1. The summed E-state index contributed by atoms with van der Waals surface area (Å²) in [7, 11) is 0. The van der Waals surface area contributed by atoms with E-state index in [4.69, 9.17) is 0 Å². The fraction of sp³-hybridized carbons (Fsp3) is 0.100. The number of anilines is 1. The van der Waals surface area contributed by atoms with Crippen molar-refractivity contribution in [3.63, 3.8) is 0 Å². The third-order valence-electron chi connectivity index (χ3n) is 1.77. The Balaban J connectivity index is 2.98. The highest BCUT2D eigenvalue weighted by Gasteiger charge is 2.11. The highest BCUT2D eigenvalue weighted by Crippen LogP contribution is 2.27. The summed E-state index contributed by atoms with van der Waals surface area (Å²) in [4.78, 5) is 21.0. The Morgan fingerprint density at radius 2 is 2.25 bits per heavy atom. The molecule has 0 aliphatic carbocycles. The molecule has 1 aromatic carbocycles. The zero-order valence-corrected chi connectivity index (χ0v) is 8.51. The molecule has 0 aliphatic rings. The van der Waals surface area contributed by atoms with E-state index >= 15 is 0 Å². The monoisotopic (exact) mass is 222 g/mol. The Kier molecular flexibility index (Phi) is 3.60. The van der Waals surface area contributed by atoms with Crippen LogP contribution in [-0.4, -0.2) is 15.9 Å². The number of non-ortho nitro benzene ring substituents is 1. The molecule has 84 valence electrons. The fourth-order valence-electron chi connectivity index (χ4n) is 1.06. The molecule has 0 bridgehead atoms. The molecule has 2 N–H and O–H groups in total. The Bertz CT molecular complexity index is 454. The largest absolute Gasteiger partial charge is 0.506 e. The second-order valence-corrected chi connectivity index (χ2v) is 2.95. The van der Waals surface area contributed by atoms with Gasteiger partial charge in [-0.25, -0.2) is 0 Å². The molecule has 0 aromatic heterocycles. The highest BCUT2D eigenvalue weighted by atomic mass is 16.6. The third kappa shape index (κ3) is 2.81. The van der Waals surface area contributed by atoms with Gasteiger partial charge in [-0.2, -0.15) is 0 Å². The van der Waals surface area contributed by atoms with Gasteiger partial charge in [-0.15, -0.1) is 0 Å². The standard InChI is InChI=1S/C10H10N2O4/c1-2-3-10(14)11-8-6-7(12(15)16)4-5-9(8)13/h2-6,13H,1H3,(H,11,14)/b3-2+. The number of carbonyl (C=O) groups excluding carboxylic acids is 1. The second-order valence-electron chi connectivity index (χ2n) is 2.95. The number of allylic oxidation sites excluding steroid dienone is 1. The lowest BCUT2D eigenvalue weighted by molar-refractivity contribution is -0.384. The van der Waals surface area contributed by atoms with Gasteiger partial charge in [0.25, 0.3) is 5.69 Å². The van der Waals surface area contributed by atoms with Crippen molar-refractivity contribution in [1.29, 1.82) is 0 Å². The van der Waals surface area contributed by atoms with E-state index < -0.39 is 10.8 Å². The minimum Gasteiger partial charge on any atom is -0.506 e. The molecule has 1 amide bonds. The zero-order valence-electron chi connectivity index (χ0n) is 8.51. The van der Waals surface area contributed by atoms with Crippen LogP contribution in [0.25, 0.3) is 0 Å². The number of carbonyl (C=O) groups is 1. The molecule has 0 fully saturated rings. The lowest BCUT2D eigenvalue weighted by Gasteiger charge is -2.04. The molecule has 0 saturated heterocycles. The van der Waals surface area contributed by atoms with E-state index in [1.165, 1.54) is 12.2 Å². The maximum Gasteiger partial charge on any atom is 0.271 e. The van der Waals surface area contributed by atoms with Crippen LogP contribution < -0.4 is 5.32 Å². The predicted molar refractivity (Wildman–Crippen MR) is 58.2 cm³/mol. The number of nitrogens with one attached hydrogen (secondary N) is 1. The fourth-order valence-corrected chi connectivity index (χ4v) is 1.06. The first kappa shape index (κ1) is 11.7. The Labute approximate surface area is 91.4 Å². The van der Waals surface area contributed by atoms with Crippen LogP contribution in [0.2, 0.25) is 0 Å². The minimum atomic E-state index is -0.606. The van der Waals surface area contributed by atoms with Crippen molar-refractivity contribution in [1.82, 2.24) is 0 Å². The van der Waals surface area contributed by atoms with Gasteiger partial charge in [0, 0.05) is 12.1 Å². The molecule has 0 unspecified atom stereocenters. The Morgan fingerprint density at radius 3 is 2.81 bits per heavy atom. The van der Waals surface area contributed by atoms with Crippen molar-refractivity contribution >= 4 is 17.3 Å². The molecular formula is C10H10N2O4. The van der Waals surface area contributed by atoms with E-state index in [-0.39, 0.29) is 17.1 Å². The summed E-state index contributed by atoms with van der Waals surface area (Å²) >= 11 is 0. The third-order valence-corrected chi connectivity index (χ3v) is 1.77. The zero-order chi connectivity index (χ0) is 12.1. The van der Waals surface area contributed by atoms with Gasteiger partial charge in [0.1, 0.15) is 5.75 Å². The van der Waals surface area contributed by atoms with Crippen LogP contribution in [0.4, 0.5) is 11.4 Å². The van der Waals surface area contributed by atoms with Gasteiger partial charge in [-0.05, 0) is 19.1 Å². The van der Waals surface area contributed by atoms with E-state index in [0.29, 0.717) is 0 Å². The minimum absolute atomic E-state index is 0.0114. The first-order valence-electron chi connectivity index (χ1n) is 4.45. The van der Waals surface area contributed by atoms with E-state index in [9.17, 15) is 20.0 Å². The number of benzene rings is 1. The number of hydrogen-bond donors (Lipinski definition) is 2. The molecule has 0 radical (unpaired) electrons. The molecule has 1 rings (SSSR count). The van der Waals surface area contributed by atoms with Crippen molar-refractivity contribution in [3.05, 3.63) is 40.5 Å². The smallest absolute Gasteiger partial charge is 0.271 e. The van der Waals surface area contributed by atoms with Crippen LogP contribution in [0.3, 0.4) is 0 Å². The van der Waals surface area contributed by atoms with Gasteiger partial charge in [0.05, 0.1) is 10.6 Å². The summed E-state index contributed by atoms with van der Waals surface area (Å²) < 4.78 is 0. The van der Waals surface area contributed by atoms with Gasteiger partial charge < -0.3 is 10.4 Å². The van der Waals surface area contributed by atoms with Gasteiger partial charge >= 0.3 is 0 Å². The van der Waals surface area contributed by atoms with Crippen LogP contribution in [0.15, 0.2) is 30.4 Å². The predicted octanol–water partition coefficient (Wildman–Crippen LogP) is 1.81. The van der Waals surface area contributed by atoms with Crippen molar-refractivity contribution in [2.24, 2.45) is 0 Å². The number of phenolic OH excluding ortho intramolecular Hbond substituents is 1. The summed E-state index contributed by atoms with van der Waals surface area (Å²) in [6.07, 6.45) is 2.77. The summed E-state index contributed by atoms with van der Waals surface area (Å²) in [6.45, 7) is 1.66. The number of rotatable bonds is 3. The van der Waals surface area contributed by atoms with E-state index in [0.717, 1.165) is 18.2 Å². The summed E-state index contributed by atoms with van der Waals surface area (Å²) in [6, 6.07) is 3.40. The molecule has 0 spiro atoms. The topological polar surface area (TPSA) is 92.5 Å². The van der Waals surface area contributed by atoms with Crippen molar-refractivity contribution in [2.45, 2.75) is 6.92 Å². The lowest BCUT2D eigenvalue weighted by Crippen LogP contribution is -2.08. The molecule has 6 nitrogen and oxygen atoms in total. The SMILES string of the molecule is C/C=C/C(=O)Nc1cc([N+](=O)[O-])ccc1O. The first-order chi connectivity index (χ1) is 7.54. The number of nitro groups is 1. The number of nitro benzene ring substituents is 1. The summed E-state index contributed by atoms with van der Waals surface area (Å²) in [5.74, 6) is -0.679. The van der Waals surface area contributed by atoms with Crippen molar-refractivity contribution in [2.75, 3.05) is 5.32 Å². The van der Waals surface area contributed by atoms with E-state index in [1.807, 2.05) is 0 Å². The summed E-state index contributed by atoms with van der Waals surface area (Å²) in [5, 5.41) is 22.2. The average Bonchev–Trinajstić information content (AvgIpc) is 2.21. The molecule has 0 atom stereocenters. The maximum absolute atomic E-state index is 11.2. The number of hydrogen-bond acceptors (Lipinski definition) is 4. The van der Waals surface area contributed by atoms with Gasteiger partial charge in [0.15, 0.2) is 0 Å². The van der Waals surface area contributed by atoms with Gasteiger partial charge in [-0.1, -0.05) is 6.08 Å². The molecule has 1 aromatic rings. The molecule has 6 heteroatoms. The average molecular weight is 222 g/mol. The molecular weight excluding hydrogens is 212 g/mol. The summed E-state index contributed by atoms with van der Waals surface area (Å²) in [5.41, 5.74) is -0.189. The van der Waals surface area contributed by atoms with Crippen LogP contribution in [0.1, 0.15) is 6.92 Å². The maximum atomic E-state index is 11.2. The van der Waals surface area contributed by atoms with E-state index in [1.54, 1.807) is 6.92 Å². The lowest BCUT2D eigenvalue weighted by atomic mass is 10.2. The van der Waals surface area contributed by atoms with Crippen LogP contribution in [0, 0.1) is 10.1 Å². The Hall–Kier alpha value is -2.37. The Morgan fingerprint density at radius 1 is 1.56 bits per heavy atom. The normalized spacial score (nSPS) is 10.3. The van der Waals surface area contributed by atoms with Crippen LogP contribution in [-0.2, 0) is 4.79 Å². The molecule has 0 aliphatic heterocycles. The second kappa shape index (κ2) is 4.92. The molecule has 0 saturated carbocycles.